The van der Waals surface area contributed by atoms with Crippen LogP contribution in [0, 0.1) is 28.6 Å². The lowest BCUT2D eigenvalue weighted by atomic mass is 9.50. The number of nitrogens with two attached hydrogens (primary N) is 1. The Hall–Kier alpha value is -1.43. The summed E-state index contributed by atoms with van der Waals surface area (Å²) >= 11 is 0. The number of Topliss-reactive ketones (excluding diaryl/α,β-unsaturated/α-hetero) is 1. The van der Waals surface area contributed by atoms with Crippen LogP contribution in [0.15, 0.2) is 5.16 Å². The minimum absolute atomic E-state index is 0.0293. The Kier molecular flexibility index (Phi) is 4.37. The molecule has 0 aromatic rings. The molecule has 1 saturated heterocycles. The molecule has 4 rings (SSSR count). The molecule has 144 valence electrons. The molecule has 0 aromatic heterocycles. The minimum Gasteiger partial charge on any atom is -0.461 e. The molecule has 3 aliphatic carbocycles. The van der Waals surface area contributed by atoms with Gasteiger partial charge in [-0.2, -0.15) is 0 Å². The van der Waals surface area contributed by atoms with Crippen molar-refractivity contribution < 1.29 is 19.2 Å². The van der Waals surface area contributed by atoms with Gasteiger partial charge >= 0.3 is 5.97 Å². The Morgan fingerprint density at radius 1 is 1.19 bits per heavy atom. The van der Waals surface area contributed by atoms with Crippen molar-refractivity contribution in [3.05, 3.63) is 0 Å². The number of rotatable bonds is 3. The molecule has 0 aromatic carbocycles. The van der Waals surface area contributed by atoms with E-state index in [0.717, 1.165) is 37.8 Å². The summed E-state index contributed by atoms with van der Waals surface area (Å²) in [5, 5.41) is 4.20. The van der Waals surface area contributed by atoms with Gasteiger partial charge in [0.2, 0.25) is 0 Å². The highest BCUT2D eigenvalue weighted by molar-refractivity contribution is 5.89. The molecule has 2 N–H and O–H groups in total. The van der Waals surface area contributed by atoms with Gasteiger partial charge in [-0.25, -0.2) is 0 Å². The van der Waals surface area contributed by atoms with E-state index in [4.69, 9.17) is 15.3 Å². The van der Waals surface area contributed by atoms with Gasteiger partial charge in [0.25, 0.3) is 0 Å². The molecule has 4 aliphatic rings. The maximum Gasteiger partial charge on any atom is 0.309 e. The van der Waals surface area contributed by atoms with Gasteiger partial charge in [0.1, 0.15) is 18.5 Å². The molecule has 0 radical (unpaired) electrons. The number of carbonyl (C=O) groups is 2. The predicted octanol–water partition coefficient (Wildman–Crippen LogP) is 2.44. The second-order valence-electron chi connectivity index (χ2n) is 9.07. The van der Waals surface area contributed by atoms with Crippen LogP contribution in [0.1, 0.15) is 58.8 Å². The summed E-state index contributed by atoms with van der Waals surface area (Å²) in [6.07, 6.45) is 5.66. The van der Waals surface area contributed by atoms with E-state index in [1.54, 1.807) is 0 Å². The molecule has 26 heavy (non-hydrogen) atoms. The number of ether oxygens (including phenoxy) is 1. The molecule has 3 saturated carbocycles. The first-order chi connectivity index (χ1) is 12.4. The fourth-order valence-electron chi connectivity index (χ4n) is 6.20. The fourth-order valence-corrected chi connectivity index (χ4v) is 6.20. The molecule has 4 fully saturated rings. The van der Waals surface area contributed by atoms with Crippen LogP contribution in [0.2, 0.25) is 0 Å². The van der Waals surface area contributed by atoms with Gasteiger partial charge in [-0.1, -0.05) is 19.0 Å². The topological polar surface area (TPSA) is 91.0 Å². The minimum atomic E-state index is -0.319. The molecule has 6 nitrogen and oxygen atoms in total. The summed E-state index contributed by atoms with van der Waals surface area (Å²) in [5.41, 5.74) is 6.05. The summed E-state index contributed by atoms with van der Waals surface area (Å²) in [6, 6.07) is 0. The molecule has 0 spiro atoms. The Bertz CT molecular complexity index is 648. The molecule has 6 heteroatoms. The number of hydrogen-bond acceptors (Lipinski definition) is 6. The quantitative estimate of drug-likeness (QED) is 0.473. The van der Waals surface area contributed by atoms with Crippen LogP contribution in [0.25, 0.3) is 0 Å². The van der Waals surface area contributed by atoms with Gasteiger partial charge in [0.15, 0.2) is 0 Å². The Morgan fingerprint density at radius 3 is 2.77 bits per heavy atom. The average molecular weight is 362 g/mol. The lowest BCUT2D eigenvalue weighted by molar-refractivity contribution is -0.202. The third-order valence-corrected chi connectivity index (χ3v) is 7.87. The van der Waals surface area contributed by atoms with Gasteiger partial charge in [0, 0.05) is 30.2 Å². The highest BCUT2D eigenvalue weighted by Gasteiger charge is 2.64. The van der Waals surface area contributed by atoms with Crippen LogP contribution in [-0.4, -0.2) is 36.7 Å². The van der Waals surface area contributed by atoms with Crippen LogP contribution in [0.4, 0.5) is 0 Å². The van der Waals surface area contributed by atoms with Crippen LogP contribution in [-0.2, 0) is 19.2 Å². The number of esters is 1. The zero-order valence-corrected chi connectivity index (χ0v) is 15.8. The van der Waals surface area contributed by atoms with Crippen molar-refractivity contribution in [2.75, 3.05) is 13.2 Å². The molecule has 0 unspecified atom stereocenters. The molecule has 1 heterocycles. The summed E-state index contributed by atoms with van der Waals surface area (Å²) in [6.45, 7) is 5.20. The maximum absolute atomic E-state index is 13.0. The molecule has 1 aliphatic heterocycles. The molecular weight excluding hydrogens is 332 g/mol. The third kappa shape index (κ3) is 2.52. The first kappa shape index (κ1) is 18.0. The Labute approximate surface area is 154 Å². The number of fused-ring (bicyclic) bond motifs is 5. The smallest absolute Gasteiger partial charge is 0.309 e. The van der Waals surface area contributed by atoms with Gasteiger partial charge < -0.3 is 15.3 Å². The second kappa shape index (κ2) is 6.32. The number of carbonyl (C=O) groups excluding carboxylic acids is 2. The molecular formula is C20H30N2O4. The molecule has 0 bridgehead atoms. The SMILES string of the molecule is C[C@]12CCC(=NOCCN)C[C@H]1OC(=O)[C@@H]1[C@@H]2CC[C@]2(C)C(=O)CC[C@@H]12. The fraction of sp³-hybridized carbons (Fsp3) is 0.850. The van der Waals surface area contributed by atoms with E-state index in [1.165, 1.54) is 0 Å². The monoisotopic (exact) mass is 362 g/mol. The van der Waals surface area contributed by atoms with Gasteiger partial charge in [-0.15, -0.1) is 0 Å². The van der Waals surface area contributed by atoms with E-state index >= 15 is 0 Å². The third-order valence-electron chi connectivity index (χ3n) is 7.87. The molecule has 0 amide bonds. The predicted molar refractivity (Wildman–Crippen MR) is 96.3 cm³/mol. The van der Waals surface area contributed by atoms with Crippen molar-refractivity contribution in [2.24, 2.45) is 39.5 Å². The van der Waals surface area contributed by atoms with E-state index in [1.807, 2.05) is 0 Å². The van der Waals surface area contributed by atoms with Crippen molar-refractivity contribution in [1.82, 2.24) is 0 Å². The van der Waals surface area contributed by atoms with E-state index < -0.39 is 0 Å². The first-order valence-corrected chi connectivity index (χ1v) is 10.0. The lowest BCUT2D eigenvalue weighted by Gasteiger charge is -2.57. The van der Waals surface area contributed by atoms with Crippen molar-refractivity contribution in [1.29, 1.82) is 0 Å². The van der Waals surface area contributed by atoms with Crippen LogP contribution >= 0.6 is 0 Å². The van der Waals surface area contributed by atoms with E-state index in [2.05, 4.69) is 19.0 Å². The zero-order chi connectivity index (χ0) is 18.5. The summed E-state index contributed by atoms with van der Waals surface area (Å²) < 4.78 is 5.98. The van der Waals surface area contributed by atoms with Crippen LogP contribution < -0.4 is 5.73 Å². The van der Waals surface area contributed by atoms with E-state index in [0.29, 0.717) is 37.7 Å². The lowest BCUT2D eigenvalue weighted by Crippen LogP contribution is -2.60. The van der Waals surface area contributed by atoms with Crippen molar-refractivity contribution >= 4 is 17.5 Å². The Morgan fingerprint density at radius 2 is 2.00 bits per heavy atom. The summed E-state index contributed by atoms with van der Waals surface area (Å²) in [4.78, 5) is 30.6. The summed E-state index contributed by atoms with van der Waals surface area (Å²) in [7, 11) is 0. The Balaban J connectivity index is 1.57. The zero-order valence-electron chi connectivity index (χ0n) is 15.8. The van der Waals surface area contributed by atoms with E-state index in [-0.39, 0.29) is 34.7 Å². The van der Waals surface area contributed by atoms with Crippen LogP contribution in [0.5, 0.6) is 0 Å². The standard InChI is InChI=1S/C20H30N2O4/c1-19-8-6-14-17(13(19)3-4-15(19)23)18(24)26-16-11-12(22-25-10-9-21)5-7-20(14,16)2/h13-14,16-17H,3-11,21H2,1-2H3/t13-,14-,16+,17-,19-,20+/m0/s1. The van der Waals surface area contributed by atoms with Gasteiger partial charge in [-0.05, 0) is 43.9 Å². The van der Waals surface area contributed by atoms with Crippen molar-refractivity contribution in [3.8, 4) is 0 Å². The van der Waals surface area contributed by atoms with Gasteiger partial charge in [0.05, 0.1) is 11.6 Å². The second-order valence-corrected chi connectivity index (χ2v) is 9.07. The molecule has 6 atom stereocenters. The number of ketones is 1. The number of hydrogen-bond donors (Lipinski definition) is 1. The van der Waals surface area contributed by atoms with Crippen molar-refractivity contribution in [2.45, 2.75) is 64.9 Å². The van der Waals surface area contributed by atoms with E-state index in [9.17, 15) is 9.59 Å². The highest BCUT2D eigenvalue weighted by Crippen LogP contribution is 2.62. The van der Waals surface area contributed by atoms with Crippen molar-refractivity contribution in [3.63, 3.8) is 0 Å². The average Bonchev–Trinajstić information content (AvgIpc) is 2.92. The number of nitrogens with zero attached hydrogens (tertiary/aromatic N) is 1. The maximum atomic E-state index is 13.0. The normalized spacial score (nSPS) is 46.3. The number of oxime groups is 1. The largest absolute Gasteiger partial charge is 0.461 e. The van der Waals surface area contributed by atoms with Crippen LogP contribution in [0.3, 0.4) is 0 Å². The van der Waals surface area contributed by atoms with Gasteiger partial charge in [-0.3, -0.25) is 9.59 Å². The highest BCUT2D eigenvalue weighted by atomic mass is 16.6. The summed E-state index contributed by atoms with van der Waals surface area (Å²) in [5.74, 6) is 0.600. The first-order valence-electron chi connectivity index (χ1n) is 10.0.